The Morgan fingerprint density at radius 3 is 2.56 bits per heavy atom. The van der Waals surface area contributed by atoms with Crippen molar-refractivity contribution in [3.05, 3.63) is 53.9 Å². The number of pyridine rings is 1. The van der Waals surface area contributed by atoms with Crippen LogP contribution in [0, 0.1) is 0 Å². The molecule has 6 heteroatoms. The van der Waals surface area contributed by atoms with E-state index in [0.29, 0.717) is 24.2 Å². The Labute approximate surface area is 150 Å². The summed E-state index contributed by atoms with van der Waals surface area (Å²) in [5.74, 6) is 0. The van der Waals surface area contributed by atoms with Crippen molar-refractivity contribution in [1.29, 1.82) is 0 Å². The number of halogens is 1. The van der Waals surface area contributed by atoms with Gasteiger partial charge in [0.1, 0.15) is 0 Å². The number of hydrogen-bond donors (Lipinski definition) is 1. The summed E-state index contributed by atoms with van der Waals surface area (Å²) in [5.41, 5.74) is 3.36. The highest BCUT2D eigenvalue weighted by Crippen LogP contribution is 2.35. The van der Waals surface area contributed by atoms with Gasteiger partial charge in [-0.3, -0.25) is 4.98 Å². The number of carboxylic acid groups (broad SMARTS) is 1. The first-order valence-electron chi connectivity index (χ1n) is 8.32. The third-order valence-corrected chi connectivity index (χ3v) is 5.17. The van der Waals surface area contributed by atoms with Crippen LogP contribution in [-0.4, -0.2) is 38.7 Å². The summed E-state index contributed by atoms with van der Waals surface area (Å²) < 4.78 is 2.28. The van der Waals surface area contributed by atoms with Gasteiger partial charge in [0.05, 0.1) is 5.52 Å². The topological polar surface area (TPSA) is 58.4 Å². The van der Waals surface area contributed by atoms with Crippen LogP contribution in [0.5, 0.6) is 0 Å². The molecule has 1 aromatic carbocycles. The number of hydrogen-bond acceptors (Lipinski definition) is 2. The Morgan fingerprint density at radius 2 is 1.88 bits per heavy atom. The van der Waals surface area contributed by atoms with Crippen molar-refractivity contribution in [2.45, 2.75) is 18.9 Å². The minimum atomic E-state index is -0.832. The second-order valence-electron chi connectivity index (χ2n) is 6.35. The van der Waals surface area contributed by atoms with Crippen molar-refractivity contribution in [1.82, 2.24) is 14.5 Å². The van der Waals surface area contributed by atoms with Gasteiger partial charge in [-0.15, -0.1) is 0 Å². The van der Waals surface area contributed by atoms with Crippen molar-refractivity contribution in [2.75, 3.05) is 13.1 Å². The minimum Gasteiger partial charge on any atom is -0.465 e. The molecule has 3 heterocycles. The van der Waals surface area contributed by atoms with Gasteiger partial charge in [-0.2, -0.15) is 0 Å². The summed E-state index contributed by atoms with van der Waals surface area (Å²) in [6.45, 7) is 1.14. The van der Waals surface area contributed by atoms with Crippen LogP contribution in [0.3, 0.4) is 0 Å². The van der Waals surface area contributed by atoms with Gasteiger partial charge < -0.3 is 14.6 Å². The Kier molecular flexibility index (Phi) is 4.09. The number of benzene rings is 1. The molecule has 1 amide bonds. The predicted molar refractivity (Wildman–Crippen MR) is 98.0 cm³/mol. The summed E-state index contributed by atoms with van der Waals surface area (Å²) in [6, 6.07) is 10.1. The highest BCUT2D eigenvalue weighted by Gasteiger charge is 2.25. The zero-order chi connectivity index (χ0) is 17.4. The van der Waals surface area contributed by atoms with Crippen LogP contribution in [0.2, 0.25) is 5.02 Å². The zero-order valence-electron chi connectivity index (χ0n) is 13.6. The maximum Gasteiger partial charge on any atom is 0.407 e. The maximum absolute atomic E-state index is 11.1. The third-order valence-electron chi connectivity index (χ3n) is 4.92. The molecule has 1 fully saturated rings. The Hall–Kier alpha value is -2.53. The molecule has 3 aromatic rings. The van der Waals surface area contributed by atoms with Gasteiger partial charge in [0, 0.05) is 53.7 Å². The molecule has 1 aliphatic rings. The molecule has 0 aliphatic carbocycles. The quantitative estimate of drug-likeness (QED) is 0.726. The van der Waals surface area contributed by atoms with E-state index in [-0.39, 0.29) is 0 Å². The first-order chi connectivity index (χ1) is 12.1. The lowest BCUT2D eigenvalue weighted by molar-refractivity contribution is 0.126. The predicted octanol–water partition coefficient (Wildman–Crippen LogP) is 4.67. The van der Waals surface area contributed by atoms with E-state index in [1.807, 2.05) is 36.5 Å². The molecule has 0 atom stereocenters. The number of piperidine rings is 1. The fourth-order valence-corrected chi connectivity index (χ4v) is 3.72. The Morgan fingerprint density at radius 1 is 1.16 bits per heavy atom. The lowest BCUT2D eigenvalue weighted by Gasteiger charge is -2.31. The molecule has 25 heavy (non-hydrogen) atoms. The minimum absolute atomic E-state index is 0.293. The van der Waals surface area contributed by atoms with Crippen LogP contribution < -0.4 is 0 Å². The van der Waals surface area contributed by atoms with Crippen molar-refractivity contribution in [2.24, 2.45) is 0 Å². The highest BCUT2D eigenvalue weighted by atomic mass is 35.5. The third kappa shape index (κ3) is 2.96. The first-order valence-corrected chi connectivity index (χ1v) is 8.69. The van der Waals surface area contributed by atoms with Crippen molar-refractivity contribution >= 4 is 28.6 Å². The van der Waals surface area contributed by atoms with Gasteiger partial charge in [-0.25, -0.2) is 4.79 Å². The van der Waals surface area contributed by atoms with E-state index >= 15 is 0 Å². The van der Waals surface area contributed by atoms with E-state index in [1.54, 1.807) is 6.20 Å². The molecule has 2 aromatic heterocycles. The molecule has 4 rings (SSSR count). The molecule has 1 saturated heterocycles. The van der Waals surface area contributed by atoms with Gasteiger partial charge in [0.2, 0.25) is 0 Å². The second-order valence-corrected chi connectivity index (χ2v) is 6.79. The van der Waals surface area contributed by atoms with E-state index in [4.69, 9.17) is 16.7 Å². The lowest BCUT2D eigenvalue weighted by atomic mass is 10.1. The zero-order valence-corrected chi connectivity index (χ0v) is 14.4. The molecule has 5 nitrogen and oxygen atoms in total. The van der Waals surface area contributed by atoms with Gasteiger partial charge in [0.25, 0.3) is 0 Å². The highest BCUT2D eigenvalue weighted by molar-refractivity contribution is 6.30. The van der Waals surface area contributed by atoms with Crippen LogP contribution in [0.4, 0.5) is 4.79 Å². The molecule has 0 bridgehead atoms. The van der Waals surface area contributed by atoms with Gasteiger partial charge >= 0.3 is 6.09 Å². The molecule has 0 spiro atoms. The Bertz CT molecular complexity index is 912. The maximum atomic E-state index is 11.1. The van der Waals surface area contributed by atoms with Crippen LogP contribution >= 0.6 is 11.6 Å². The van der Waals surface area contributed by atoms with E-state index in [2.05, 4.69) is 15.7 Å². The molecule has 0 saturated carbocycles. The summed E-state index contributed by atoms with van der Waals surface area (Å²) in [5, 5.41) is 11.0. The first kappa shape index (κ1) is 16.0. The largest absolute Gasteiger partial charge is 0.465 e. The average molecular weight is 356 g/mol. The van der Waals surface area contributed by atoms with E-state index in [0.717, 1.165) is 34.9 Å². The van der Waals surface area contributed by atoms with Crippen molar-refractivity contribution in [3.8, 4) is 11.1 Å². The van der Waals surface area contributed by atoms with E-state index < -0.39 is 6.09 Å². The van der Waals surface area contributed by atoms with Crippen LogP contribution in [0.25, 0.3) is 22.0 Å². The fourth-order valence-electron chi connectivity index (χ4n) is 3.59. The summed E-state index contributed by atoms with van der Waals surface area (Å²) in [4.78, 5) is 16.9. The summed E-state index contributed by atoms with van der Waals surface area (Å²) in [6.07, 6.45) is 6.66. The molecule has 1 aliphatic heterocycles. The molecule has 0 radical (unpaired) electrons. The standard InChI is InChI=1S/C19H18ClN3O2/c20-14-3-1-13(2-4-14)17-12-23(18-5-8-21-11-16(17)18)15-6-9-22(10-7-15)19(24)25/h1-5,8,11-12,15H,6-7,9-10H2,(H,24,25). The van der Waals surface area contributed by atoms with Crippen LogP contribution in [-0.2, 0) is 0 Å². The van der Waals surface area contributed by atoms with Gasteiger partial charge in [-0.05, 0) is 36.6 Å². The number of fused-ring (bicyclic) bond motifs is 1. The van der Waals surface area contributed by atoms with Crippen LogP contribution in [0.1, 0.15) is 18.9 Å². The molecular weight excluding hydrogens is 338 g/mol. The smallest absolute Gasteiger partial charge is 0.407 e. The lowest BCUT2D eigenvalue weighted by Crippen LogP contribution is -2.37. The molecular formula is C19H18ClN3O2. The monoisotopic (exact) mass is 355 g/mol. The molecule has 0 unspecified atom stereocenters. The molecule has 1 N–H and O–H groups in total. The second kappa shape index (κ2) is 6.41. The number of nitrogens with zero attached hydrogens (tertiary/aromatic N) is 3. The fraction of sp³-hybridized carbons (Fsp3) is 0.263. The van der Waals surface area contributed by atoms with Gasteiger partial charge in [0.15, 0.2) is 0 Å². The van der Waals surface area contributed by atoms with Crippen LogP contribution in [0.15, 0.2) is 48.9 Å². The van der Waals surface area contributed by atoms with E-state index in [9.17, 15) is 4.79 Å². The number of likely N-dealkylation sites (tertiary alicyclic amines) is 1. The normalized spacial score (nSPS) is 15.6. The summed E-state index contributed by atoms with van der Waals surface area (Å²) in [7, 11) is 0. The Balaban J connectivity index is 1.73. The number of carbonyl (C=O) groups is 1. The summed E-state index contributed by atoms with van der Waals surface area (Å²) >= 11 is 6.01. The SMILES string of the molecule is O=C(O)N1CCC(n2cc(-c3ccc(Cl)cc3)c3cnccc32)CC1. The van der Waals surface area contributed by atoms with Crippen molar-refractivity contribution in [3.63, 3.8) is 0 Å². The molecule has 128 valence electrons. The average Bonchev–Trinajstić information content (AvgIpc) is 3.02. The number of aromatic nitrogens is 2. The van der Waals surface area contributed by atoms with E-state index in [1.165, 1.54) is 4.90 Å². The van der Waals surface area contributed by atoms with Crippen molar-refractivity contribution < 1.29 is 9.90 Å². The van der Waals surface area contributed by atoms with Gasteiger partial charge in [-0.1, -0.05) is 23.7 Å². The number of amides is 1. The number of rotatable bonds is 2.